The van der Waals surface area contributed by atoms with Crippen LogP contribution in [0.4, 0.5) is 5.69 Å². The fourth-order valence-corrected chi connectivity index (χ4v) is 5.73. The molecule has 0 amide bonds. The summed E-state index contributed by atoms with van der Waals surface area (Å²) in [5.74, 6) is 0. The highest BCUT2D eigenvalue weighted by atomic mass is 32.2. The van der Waals surface area contributed by atoms with E-state index in [1.54, 1.807) is 23.5 Å². The summed E-state index contributed by atoms with van der Waals surface area (Å²) < 4.78 is 36.8. The number of para-hydroxylation sites is 1. The number of benzene rings is 2. The van der Waals surface area contributed by atoms with Crippen LogP contribution in [0.15, 0.2) is 88.8 Å². The molecule has 0 fully saturated rings. The van der Waals surface area contributed by atoms with E-state index in [-0.39, 0.29) is 10.5 Å². The normalized spacial score (nSPS) is 14.7. The molecule has 0 radical (unpaired) electrons. The smallest absolute Gasteiger partial charge is 0.271 e. The van der Waals surface area contributed by atoms with E-state index >= 15 is 0 Å². The van der Waals surface area contributed by atoms with Crippen LogP contribution in [0.5, 0.6) is 0 Å². The van der Waals surface area contributed by atoms with Crippen LogP contribution >= 0.6 is 11.3 Å². The van der Waals surface area contributed by atoms with Gasteiger partial charge in [0, 0.05) is 31.4 Å². The Morgan fingerprint density at radius 3 is 2.29 bits per heavy atom. The van der Waals surface area contributed by atoms with E-state index < -0.39 is 10.1 Å². The van der Waals surface area contributed by atoms with Crippen molar-refractivity contribution in [2.75, 3.05) is 11.9 Å². The largest absolute Gasteiger partial charge is 0.744 e. The van der Waals surface area contributed by atoms with Crippen LogP contribution in [-0.2, 0) is 23.7 Å². The Balaban J connectivity index is 0.000000257. The Kier molecular flexibility index (Phi) is 8.11. The Hall–Kier alpha value is -3.79. The van der Waals surface area contributed by atoms with Crippen molar-refractivity contribution in [2.24, 2.45) is 7.05 Å². The summed E-state index contributed by atoms with van der Waals surface area (Å²) >= 11 is 1.55. The summed E-state index contributed by atoms with van der Waals surface area (Å²) in [5.41, 5.74) is 5.32. The molecule has 0 bridgehead atoms. The monoisotopic (exact) mass is 547 g/mol. The Labute approximate surface area is 226 Å². The van der Waals surface area contributed by atoms with Crippen LogP contribution in [0.3, 0.4) is 0 Å². The second-order valence-electron chi connectivity index (χ2n) is 8.86. The molecule has 0 saturated heterocycles. The minimum absolute atomic E-state index is 0.0705. The van der Waals surface area contributed by atoms with E-state index in [9.17, 15) is 17.8 Å². The molecular weight excluding hydrogens is 518 g/mol. The van der Waals surface area contributed by atoms with E-state index in [4.69, 9.17) is 0 Å². The predicted molar refractivity (Wildman–Crippen MR) is 151 cm³/mol. The summed E-state index contributed by atoms with van der Waals surface area (Å²) in [7, 11) is -0.253. The third kappa shape index (κ3) is 6.02. The summed E-state index contributed by atoms with van der Waals surface area (Å²) in [4.78, 5) is 15.0. The van der Waals surface area contributed by atoms with Gasteiger partial charge < -0.3 is 9.45 Å². The fourth-order valence-electron chi connectivity index (χ4n) is 4.02. The van der Waals surface area contributed by atoms with E-state index in [1.165, 1.54) is 17.7 Å². The molecule has 4 aromatic rings. The van der Waals surface area contributed by atoms with Crippen molar-refractivity contribution in [3.8, 4) is 0 Å². The van der Waals surface area contributed by atoms with Gasteiger partial charge in [0.15, 0.2) is 12.4 Å². The first-order valence-electron chi connectivity index (χ1n) is 12.0. The lowest BCUT2D eigenvalue weighted by Gasteiger charge is -2.25. The maximum absolute atomic E-state index is 13.1. The second kappa shape index (κ2) is 11.3. The van der Waals surface area contributed by atoms with Crippen molar-refractivity contribution in [1.29, 1.82) is 0 Å². The molecule has 0 N–H and O–H groups in total. The van der Waals surface area contributed by atoms with Crippen LogP contribution in [0, 0.1) is 6.92 Å². The summed E-state index contributed by atoms with van der Waals surface area (Å²) in [6, 6.07) is 18.1. The van der Waals surface area contributed by atoms with Gasteiger partial charge in [0.05, 0.1) is 15.3 Å². The molecule has 1 aliphatic heterocycles. The fraction of sp³-hybridized carbons (Fsp3) is 0.172. The average Bonchev–Trinajstić information content (AvgIpc) is 3.20. The molecule has 1 aliphatic rings. The summed E-state index contributed by atoms with van der Waals surface area (Å²) in [6.07, 6.45) is 10.2. The zero-order chi connectivity index (χ0) is 27.4. The molecule has 38 heavy (non-hydrogen) atoms. The van der Waals surface area contributed by atoms with Gasteiger partial charge in [-0.25, -0.2) is 13.0 Å². The number of hydrogen-bond donors (Lipinski definition) is 0. The Bertz CT molecular complexity index is 1770. The van der Waals surface area contributed by atoms with E-state index in [0.29, 0.717) is 6.54 Å². The second-order valence-corrected chi connectivity index (χ2v) is 11.3. The minimum Gasteiger partial charge on any atom is -0.744 e. The lowest BCUT2D eigenvalue weighted by Crippen LogP contribution is -2.35. The zero-order valence-electron chi connectivity index (χ0n) is 21.7. The van der Waals surface area contributed by atoms with E-state index in [2.05, 4.69) is 41.3 Å². The van der Waals surface area contributed by atoms with Gasteiger partial charge in [0.2, 0.25) is 0 Å². The first kappa shape index (κ1) is 27.3. The summed E-state index contributed by atoms with van der Waals surface area (Å²) in [6.45, 7) is 4.49. The molecular formula is C29H29N3O4S2. The van der Waals surface area contributed by atoms with Gasteiger partial charge in [-0.3, -0.25) is 9.36 Å². The van der Waals surface area contributed by atoms with Crippen molar-refractivity contribution in [3.05, 3.63) is 115 Å². The molecule has 0 aliphatic carbocycles. The molecule has 2 aromatic carbocycles. The number of nitrogens with zero attached hydrogens (tertiary/aromatic N) is 3. The summed E-state index contributed by atoms with van der Waals surface area (Å²) in [5, 5.41) is 0. The van der Waals surface area contributed by atoms with Crippen molar-refractivity contribution in [3.63, 3.8) is 0 Å². The predicted octanol–water partition coefficient (Wildman–Crippen LogP) is 2.75. The van der Waals surface area contributed by atoms with Crippen LogP contribution in [0.25, 0.3) is 17.8 Å². The van der Waals surface area contributed by atoms with Crippen molar-refractivity contribution >= 4 is 45.0 Å². The topological polar surface area (TPSA) is 86.3 Å². The SMILES string of the molecule is CCn1c(=O)/c(=C2\C=Cc3ccccc3N2C)s/c1=C/c1cc[n+](C)cc1.Cc1ccc(S(=O)(=O)[O-])cc1. The van der Waals surface area contributed by atoms with Crippen LogP contribution in [-0.4, -0.2) is 24.6 Å². The number of hydrogen-bond acceptors (Lipinski definition) is 6. The maximum Gasteiger partial charge on any atom is 0.271 e. The molecule has 9 heteroatoms. The number of thiazole rings is 1. The molecule has 0 saturated carbocycles. The van der Waals surface area contributed by atoms with Gasteiger partial charge >= 0.3 is 0 Å². The molecule has 0 unspecified atom stereocenters. The van der Waals surface area contributed by atoms with Crippen LogP contribution < -0.4 is 24.2 Å². The third-order valence-corrected chi connectivity index (χ3v) is 8.13. The molecule has 0 atom stereocenters. The quantitative estimate of drug-likeness (QED) is 0.291. The van der Waals surface area contributed by atoms with Gasteiger partial charge in [-0.15, -0.1) is 11.3 Å². The lowest BCUT2D eigenvalue weighted by atomic mass is 10.1. The molecule has 3 heterocycles. The average molecular weight is 548 g/mol. The van der Waals surface area contributed by atoms with Gasteiger partial charge in [-0.2, -0.15) is 0 Å². The highest BCUT2D eigenvalue weighted by Gasteiger charge is 2.16. The zero-order valence-corrected chi connectivity index (χ0v) is 23.3. The Morgan fingerprint density at radius 2 is 1.66 bits per heavy atom. The maximum atomic E-state index is 13.1. The number of rotatable bonds is 3. The van der Waals surface area contributed by atoms with Crippen molar-refractivity contribution < 1.29 is 17.5 Å². The standard InChI is InChI=1S/C22H22N3OS.C7H8O3S/c1-4-25-20(15-16-11-13-23(2)14-12-16)27-21(22(25)26)19-10-9-17-7-5-6-8-18(17)24(19)3;1-6-2-4-7(5-3-6)11(8,9)10/h5-15H,4H2,1-3H3;2-5H,1H3,(H,8,9,10)/q+1;/p-1/b21-19-;. The molecule has 7 nitrogen and oxygen atoms in total. The number of pyridine rings is 1. The van der Waals surface area contributed by atoms with Crippen molar-refractivity contribution in [1.82, 2.24) is 4.57 Å². The third-order valence-electron chi connectivity index (χ3n) is 6.15. The number of aromatic nitrogens is 2. The minimum atomic E-state index is -4.27. The molecule has 2 aromatic heterocycles. The van der Waals surface area contributed by atoms with Gasteiger partial charge in [-0.1, -0.05) is 42.0 Å². The number of anilines is 1. The van der Waals surface area contributed by atoms with E-state index in [0.717, 1.165) is 31.7 Å². The molecule has 196 valence electrons. The highest BCUT2D eigenvalue weighted by molar-refractivity contribution is 7.85. The van der Waals surface area contributed by atoms with Gasteiger partial charge in [0.1, 0.15) is 21.7 Å². The van der Waals surface area contributed by atoms with Crippen LogP contribution in [0.1, 0.15) is 23.6 Å². The first-order chi connectivity index (χ1) is 18.1. The number of fused-ring (bicyclic) bond motifs is 1. The van der Waals surface area contributed by atoms with Crippen LogP contribution in [0.2, 0.25) is 0 Å². The molecule has 0 spiro atoms. The van der Waals surface area contributed by atoms with Gasteiger partial charge in [-0.05, 0) is 55.3 Å². The van der Waals surface area contributed by atoms with E-state index in [1.807, 2.05) is 67.7 Å². The number of aryl methyl sites for hydroxylation is 2. The first-order valence-corrected chi connectivity index (χ1v) is 14.3. The molecule has 5 rings (SSSR count). The highest BCUT2D eigenvalue weighted by Crippen LogP contribution is 2.29. The Morgan fingerprint density at radius 1 is 1.00 bits per heavy atom. The van der Waals surface area contributed by atoms with Crippen molar-refractivity contribution in [2.45, 2.75) is 25.3 Å². The van der Waals surface area contributed by atoms with Gasteiger partial charge in [0.25, 0.3) is 5.56 Å². The number of likely N-dealkylation sites (N-methyl/N-ethyl adjacent to an activating group) is 1. The lowest BCUT2D eigenvalue weighted by molar-refractivity contribution is -0.671.